The highest BCUT2D eigenvalue weighted by molar-refractivity contribution is 7.71. The van der Waals surface area contributed by atoms with Crippen LogP contribution in [0.4, 0.5) is 0 Å². The van der Waals surface area contributed by atoms with E-state index in [2.05, 4.69) is 0 Å². The number of hydrogen-bond donors (Lipinski definition) is 0. The van der Waals surface area contributed by atoms with E-state index in [4.69, 9.17) is 30.5 Å². The number of furan rings is 1. The predicted octanol–water partition coefficient (Wildman–Crippen LogP) is 4.23. The van der Waals surface area contributed by atoms with Gasteiger partial charge >= 0.3 is 0 Å². The smallest absolute Gasteiger partial charge is 0.206 e. The second-order valence-corrected chi connectivity index (χ2v) is 4.60. The van der Waals surface area contributed by atoms with Gasteiger partial charge in [0.2, 0.25) is 5.75 Å². The highest BCUT2D eigenvalue weighted by Gasteiger charge is 2.20. The fourth-order valence-corrected chi connectivity index (χ4v) is 2.64. The number of aryl methyl sites for hydroxylation is 1. The zero-order valence-corrected chi connectivity index (χ0v) is 11.6. The van der Waals surface area contributed by atoms with E-state index in [1.54, 1.807) is 26.5 Å². The zero-order chi connectivity index (χ0) is 13.6. The standard InChI is InChI=1S/C14H12O4S/c1-7-6-9(19)10-11(15-2)8-4-5-17-12(8)14(16-3)13(10)18-7/h4-6H,1-3H3. The molecule has 0 spiro atoms. The highest BCUT2D eigenvalue weighted by Crippen LogP contribution is 2.43. The monoisotopic (exact) mass is 276 g/mol. The number of methoxy groups -OCH3 is 2. The topological polar surface area (TPSA) is 44.7 Å². The molecule has 0 radical (unpaired) electrons. The summed E-state index contributed by atoms with van der Waals surface area (Å²) >= 11 is 5.41. The van der Waals surface area contributed by atoms with Gasteiger partial charge in [-0.2, -0.15) is 0 Å². The average molecular weight is 276 g/mol. The summed E-state index contributed by atoms with van der Waals surface area (Å²) in [5.74, 6) is 1.89. The summed E-state index contributed by atoms with van der Waals surface area (Å²) in [7, 11) is 3.17. The molecular weight excluding hydrogens is 264 g/mol. The number of rotatable bonds is 2. The van der Waals surface area contributed by atoms with Gasteiger partial charge in [0, 0.05) is 0 Å². The van der Waals surface area contributed by atoms with E-state index < -0.39 is 0 Å². The van der Waals surface area contributed by atoms with Gasteiger partial charge in [-0.3, -0.25) is 0 Å². The molecule has 0 bridgehead atoms. The third kappa shape index (κ3) is 1.62. The van der Waals surface area contributed by atoms with Crippen molar-refractivity contribution in [2.75, 3.05) is 14.2 Å². The Kier molecular flexibility index (Phi) is 2.71. The summed E-state index contributed by atoms with van der Waals surface area (Å²) in [6.07, 6.45) is 1.59. The van der Waals surface area contributed by atoms with Gasteiger partial charge in [-0.05, 0) is 19.1 Å². The van der Waals surface area contributed by atoms with Crippen LogP contribution in [0.3, 0.4) is 0 Å². The lowest BCUT2D eigenvalue weighted by molar-refractivity contribution is 0.399. The summed E-state index contributed by atoms with van der Waals surface area (Å²) in [5, 5.41) is 1.55. The largest absolute Gasteiger partial charge is 0.495 e. The lowest BCUT2D eigenvalue weighted by Crippen LogP contribution is -1.92. The molecule has 19 heavy (non-hydrogen) atoms. The Morgan fingerprint density at radius 2 is 1.84 bits per heavy atom. The van der Waals surface area contributed by atoms with Crippen molar-refractivity contribution in [3.05, 3.63) is 28.7 Å². The van der Waals surface area contributed by atoms with Gasteiger partial charge in [0.05, 0.1) is 35.8 Å². The molecule has 2 aromatic heterocycles. The molecule has 0 aliphatic heterocycles. The molecule has 0 saturated carbocycles. The number of benzene rings is 1. The van der Waals surface area contributed by atoms with Gasteiger partial charge in [-0.25, -0.2) is 0 Å². The maximum Gasteiger partial charge on any atom is 0.206 e. The SMILES string of the molecule is COc1c2occc2c(OC)c2c(=S)cc(C)oc12. The van der Waals surface area contributed by atoms with E-state index >= 15 is 0 Å². The van der Waals surface area contributed by atoms with Crippen molar-refractivity contribution >= 4 is 34.2 Å². The maximum atomic E-state index is 5.75. The van der Waals surface area contributed by atoms with Gasteiger partial charge in [-0.1, -0.05) is 12.2 Å². The molecule has 0 aliphatic rings. The van der Waals surface area contributed by atoms with E-state index in [1.807, 2.05) is 13.0 Å². The lowest BCUT2D eigenvalue weighted by atomic mass is 10.1. The molecule has 0 amide bonds. The van der Waals surface area contributed by atoms with Crippen molar-refractivity contribution in [2.24, 2.45) is 0 Å². The first-order valence-corrected chi connectivity index (χ1v) is 6.13. The van der Waals surface area contributed by atoms with E-state index in [-0.39, 0.29) is 0 Å². The van der Waals surface area contributed by atoms with E-state index in [9.17, 15) is 0 Å². The van der Waals surface area contributed by atoms with E-state index in [1.165, 1.54) is 0 Å². The van der Waals surface area contributed by atoms with Crippen molar-refractivity contribution in [3.8, 4) is 11.5 Å². The normalized spacial score (nSPS) is 11.1. The third-order valence-electron chi connectivity index (χ3n) is 3.03. The summed E-state index contributed by atoms with van der Waals surface area (Å²) in [6.45, 7) is 1.84. The Morgan fingerprint density at radius 1 is 1.11 bits per heavy atom. The molecule has 0 aliphatic carbocycles. The minimum absolute atomic E-state index is 0.533. The molecular formula is C14H12O4S. The van der Waals surface area contributed by atoms with Crippen LogP contribution in [0.15, 0.2) is 27.2 Å². The molecule has 5 heteroatoms. The van der Waals surface area contributed by atoms with Gasteiger partial charge < -0.3 is 18.3 Å². The molecule has 98 valence electrons. The van der Waals surface area contributed by atoms with Crippen LogP contribution in [0.2, 0.25) is 0 Å². The summed E-state index contributed by atoms with van der Waals surface area (Å²) in [5.41, 5.74) is 1.14. The van der Waals surface area contributed by atoms with Crippen LogP contribution < -0.4 is 9.47 Å². The van der Waals surface area contributed by atoms with Crippen LogP contribution in [0.5, 0.6) is 11.5 Å². The second-order valence-electron chi connectivity index (χ2n) is 4.16. The molecule has 3 rings (SSSR count). The van der Waals surface area contributed by atoms with Crippen LogP contribution in [-0.4, -0.2) is 14.2 Å². The fraction of sp³-hybridized carbons (Fsp3) is 0.214. The van der Waals surface area contributed by atoms with Crippen LogP contribution in [0.1, 0.15) is 5.76 Å². The van der Waals surface area contributed by atoms with E-state index in [0.717, 1.165) is 10.8 Å². The van der Waals surface area contributed by atoms with Crippen molar-refractivity contribution in [2.45, 2.75) is 6.92 Å². The first-order chi connectivity index (χ1) is 9.17. The molecule has 2 heterocycles. The van der Waals surface area contributed by atoms with Crippen molar-refractivity contribution in [1.82, 2.24) is 0 Å². The number of fused-ring (bicyclic) bond motifs is 2. The second kappa shape index (κ2) is 4.28. The molecule has 0 fully saturated rings. The number of ether oxygens (including phenoxy) is 2. The Morgan fingerprint density at radius 3 is 2.53 bits per heavy atom. The predicted molar refractivity (Wildman–Crippen MR) is 74.7 cm³/mol. The van der Waals surface area contributed by atoms with Crippen LogP contribution in [0.25, 0.3) is 21.9 Å². The fourth-order valence-electron chi connectivity index (χ4n) is 2.28. The quantitative estimate of drug-likeness (QED) is 0.655. The average Bonchev–Trinajstić information content (AvgIpc) is 2.84. The molecule has 0 unspecified atom stereocenters. The van der Waals surface area contributed by atoms with Crippen LogP contribution in [-0.2, 0) is 0 Å². The maximum absolute atomic E-state index is 5.75. The Balaban J connectivity index is 2.68. The van der Waals surface area contributed by atoms with Gasteiger partial charge in [0.25, 0.3) is 0 Å². The Hall–Kier alpha value is -2.01. The van der Waals surface area contributed by atoms with E-state index in [0.29, 0.717) is 32.9 Å². The van der Waals surface area contributed by atoms with Crippen molar-refractivity contribution < 1.29 is 18.3 Å². The van der Waals surface area contributed by atoms with Gasteiger partial charge in [-0.15, -0.1) is 0 Å². The molecule has 4 nitrogen and oxygen atoms in total. The van der Waals surface area contributed by atoms with Gasteiger partial charge in [0.1, 0.15) is 11.5 Å². The Bertz CT molecular complexity index is 829. The summed E-state index contributed by atoms with van der Waals surface area (Å²) in [6, 6.07) is 3.62. The van der Waals surface area contributed by atoms with Crippen LogP contribution in [0, 0.1) is 11.4 Å². The summed E-state index contributed by atoms with van der Waals surface area (Å²) in [4.78, 5) is 0. The molecule has 3 aromatic rings. The molecule has 0 saturated heterocycles. The first-order valence-electron chi connectivity index (χ1n) is 5.73. The summed E-state index contributed by atoms with van der Waals surface area (Å²) < 4.78 is 22.8. The minimum atomic E-state index is 0.533. The molecule has 0 N–H and O–H groups in total. The Labute approximate surface area is 114 Å². The molecule has 1 aromatic carbocycles. The van der Waals surface area contributed by atoms with Crippen molar-refractivity contribution in [1.29, 1.82) is 0 Å². The van der Waals surface area contributed by atoms with Gasteiger partial charge in [0.15, 0.2) is 11.2 Å². The first kappa shape index (κ1) is 12.0. The highest BCUT2D eigenvalue weighted by atomic mass is 32.1. The third-order valence-corrected chi connectivity index (χ3v) is 3.35. The number of hydrogen-bond acceptors (Lipinski definition) is 5. The zero-order valence-electron chi connectivity index (χ0n) is 10.8. The minimum Gasteiger partial charge on any atom is -0.495 e. The van der Waals surface area contributed by atoms with Crippen molar-refractivity contribution in [3.63, 3.8) is 0 Å². The van der Waals surface area contributed by atoms with Crippen LogP contribution >= 0.6 is 12.2 Å². The molecule has 0 atom stereocenters. The lowest BCUT2D eigenvalue weighted by Gasteiger charge is -2.11.